The van der Waals surface area contributed by atoms with Crippen LogP contribution in [-0.2, 0) is 9.05 Å². The monoisotopic (exact) mass is 257 g/mol. The van der Waals surface area contributed by atoms with Gasteiger partial charge < -0.3 is 13.9 Å². The third-order valence-corrected chi connectivity index (χ3v) is 4.24. The van der Waals surface area contributed by atoms with Crippen molar-refractivity contribution in [1.82, 2.24) is 0 Å². The van der Waals surface area contributed by atoms with Gasteiger partial charge in [-0.2, -0.15) is 0 Å². The fourth-order valence-corrected chi connectivity index (χ4v) is 3.32. The molecule has 0 heterocycles. The van der Waals surface area contributed by atoms with Gasteiger partial charge in [0.15, 0.2) is 0 Å². The van der Waals surface area contributed by atoms with E-state index >= 15 is 0 Å². The minimum atomic E-state index is -3.16. The molecule has 1 fully saturated rings. The summed E-state index contributed by atoms with van der Waals surface area (Å²) in [5.41, 5.74) is 0. The molecule has 0 atom stereocenters. The summed E-state index contributed by atoms with van der Waals surface area (Å²) in [4.78, 5) is 12.1. The Balaban J connectivity index is 0.00000225. The van der Waals surface area contributed by atoms with Crippen molar-refractivity contribution < 1.29 is 43.5 Å². The van der Waals surface area contributed by atoms with Gasteiger partial charge >= 0.3 is 29.6 Å². The van der Waals surface area contributed by atoms with Crippen molar-refractivity contribution in [3.8, 4) is 0 Å². The van der Waals surface area contributed by atoms with Gasteiger partial charge in [0.1, 0.15) is 7.74 Å². The van der Waals surface area contributed by atoms with E-state index in [9.17, 15) is 4.89 Å². The summed E-state index contributed by atoms with van der Waals surface area (Å²) in [5.74, 6) is 0. The minimum absolute atomic E-state index is 0. The maximum Gasteiger partial charge on any atom is 1.00 e. The SMILES string of the molecule is CCOP([O-])(=NC1CCCCC1)OCC.[Na+]. The van der Waals surface area contributed by atoms with Gasteiger partial charge in [-0.1, -0.05) is 19.3 Å². The molecule has 0 aromatic rings. The van der Waals surface area contributed by atoms with Crippen LogP contribution in [0.15, 0.2) is 4.74 Å². The quantitative estimate of drug-likeness (QED) is 0.502. The van der Waals surface area contributed by atoms with E-state index in [1.54, 1.807) is 0 Å². The van der Waals surface area contributed by atoms with Crippen molar-refractivity contribution >= 4 is 7.74 Å². The van der Waals surface area contributed by atoms with E-state index < -0.39 is 7.74 Å². The van der Waals surface area contributed by atoms with E-state index in [1.165, 1.54) is 19.3 Å². The zero-order chi connectivity index (χ0) is 11.1. The third-order valence-electron chi connectivity index (χ3n) is 2.46. The fourth-order valence-electron chi connectivity index (χ4n) is 1.83. The van der Waals surface area contributed by atoms with E-state index in [2.05, 4.69) is 4.74 Å². The summed E-state index contributed by atoms with van der Waals surface area (Å²) in [6, 6.07) is 0.169. The first kappa shape index (κ1) is 17.1. The van der Waals surface area contributed by atoms with Crippen molar-refractivity contribution in [2.75, 3.05) is 13.2 Å². The van der Waals surface area contributed by atoms with Gasteiger partial charge in [0, 0.05) is 0 Å². The molecule has 1 saturated carbocycles. The van der Waals surface area contributed by atoms with Crippen LogP contribution < -0.4 is 34.5 Å². The van der Waals surface area contributed by atoms with Crippen molar-refractivity contribution in [3.63, 3.8) is 0 Å². The van der Waals surface area contributed by atoms with Crippen LogP contribution in [0.5, 0.6) is 0 Å². The summed E-state index contributed by atoms with van der Waals surface area (Å²) in [7, 11) is -3.16. The first-order valence-corrected chi connectivity index (χ1v) is 7.31. The Kier molecular flexibility index (Phi) is 9.73. The van der Waals surface area contributed by atoms with E-state index in [-0.39, 0.29) is 35.6 Å². The molecular weight excluding hydrogens is 236 g/mol. The summed E-state index contributed by atoms with van der Waals surface area (Å²) in [5, 5.41) is 0. The first-order chi connectivity index (χ1) is 7.20. The summed E-state index contributed by atoms with van der Waals surface area (Å²) >= 11 is 0. The fraction of sp³-hybridized carbons (Fsp3) is 1.00. The molecular formula is C10H21NNaO3P. The minimum Gasteiger partial charge on any atom is -0.774 e. The Labute approximate surface area is 121 Å². The van der Waals surface area contributed by atoms with Gasteiger partial charge in [0.2, 0.25) is 0 Å². The van der Waals surface area contributed by atoms with Crippen LogP contribution >= 0.6 is 7.74 Å². The Morgan fingerprint density at radius 2 is 1.62 bits per heavy atom. The van der Waals surface area contributed by atoms with Crippen molar-refractivity contribution in [2.24, 2.45) is 4.74 Å². The standard InChI is InChI=1S/C10H21NO3P.Na/c1-3-13-15(12,14-4-2)11-10-8-6-5-7-9-10;/h10H,3-9H2,1-2H3;/q-1;+1. The van der Waals surface area contributed by atoms with Gasteiger partial charge in [-0.05, 0) is 26.7 Å². The zero-order valence-corrected chi connectivity index (χ0v) is 13.5. The van der Waals surface area contributed by atoms with Gasteiger partial charge in [-0.15, -0.1) is 0 Å². The zero-order valence-electron chi connectivity index (χ0n) is 10.6. The third kappa shape index (κ3) is 6.15. The van der Waals surface area contributed by atoms with Crippen molar-refractivity contribution in [2.45, 2.75) is 52.0 Å². The molecule has 0 unspecified atom stereocenters. The average molecular weight is 257 g/mol. The van der Waals surface area contributed by atoms with Crippen LogP contribution in [0.1, 0.15) is 46.0 Å². The summed E-state index contributed by atoms with van der Waals surface area (Å²) in [6.07, 6.45) is 5.65. The number of hydrogen-bond donors (Lipinski definition) is 0. The van der Waals surface area contributed by atoms with Gasteiger partial charge in [-0.3, -0.25) is 4.74 Å². The van der Waals surface area contributed by atoms with Crippen LogP contribution in [0.2, 0.25) is 0 Å². The molecule has 0 N–H and O–H groups in total. The molecule has 1 aliphatic carbocycles. The van der Waals surface area contributed by atoms with Crippen molar-refractivity contribution in [3.05, 3.63) is 0 Å². The van der Waals surface area contributed by atoms with Crippen LogP contribution in [-0.4, -0.2) is 19.3 Å². The number of rotatable bonds is 5. The summed E-state index contributed by atoms with van der Waals surface area (Å²) in [6.45, 7) is 4.38. The predicted octanol–water partition coefficient (Wildman–Crippen LogP) is -0.297. The van der Waals surface area contributed by atoms with Crippen LogP contribution in [0.25, 0.3) is 0 Å². The van der Waals surface area contributed by atoms with Crippen molar-refractivity contribution in [1.29, 1.82) is 0 Å². The molecule has 1 aliphatic rings. The van der Waals surface area contributed by atoms with Gasteiger partial charge in [0.05, 0.1) is 19.3 Å². The first-order valence-electron chi connectivity index (χ1n) is 5.81. The molecule has 6 heteroatoms. The Hall–Kier alpha value is 1.11. The maximum absolute atomic E-state index is 12.1. The average Bonchev–Trinajstić information content (AvgIpc) is 2.19. The van der Waals surface area contributed by atoms with E-state index in [1.807, 2.05) is 13.8 Å². The van der Waals surface area contributed by atoms with Gasteiger partial charge in [-0.25, -0.2) is 0 Å². The number of nitrogens with zero attached hydrogens (tertiary/aromatic N) is 1. The van der Waals surface area contributed by atoms with Crippen LogP contribution in [0, 0.1) is 0 Å². The second kappa shape index (κ2) is 9.09. The molecule has 1 rings (SSSR count). The number of hydrogen-bond acceptors (Lipinski definition) is 4. The molecule has 0 radical (unpaired) electrons. The van der Waals surface area contributed by atoms with Crippen LogP contribution in [0.3, 0.4) is 0 Å². The van der Waals surface area contributed by atoms with E-state index in [4.69, 9.17) is 9.05 Å². The normalized spacial score (nSPS) is 17.9. The molecule has 0 amide bonds. The molecule has 0 saturated heterocycles. The largest absolute Gasteiger partial charge is 1.00 e. The predicted molar refractivity (Wildman–Crippen MR) is 59.5 cm³/mol. The Bertz CT molecular complexity index is 222. The van der Waals surface area contributed by atoms with Gasteiger partial charge in [0.25, 0.3) is 0 Å². The maximum atomic E-state index is 12.1. The molecule has 0 aromatic carbocycles. The molecule has 0 bridgehead atoms. The molecule has 90 valence electrons. The second-order valence-electron chi connectivity index (χ2n) is 3.71. The smallest absolute Gasteiger partial charge is 0.774 e. The molecule has 16 heavy (non-hydrogen) atoms. The molecule has 0 aromatic heterocycles. The topological polar surface area (TPSA) is 53.9 Å². The second-order valence-corrected chi connectivity index (χ2v) is 5.40. The van der Waals surface area contributed by atoms with Crippen LogP contribution in [0.4, 0.5) is 0 Å². The molecule has 0 aliphatic heterocycles. The Morgan fingerprint density at radius 3 is 2.06 bits per heavy atom. The van der Waals surface area contributed by atoms with E-state index in [0.717, 1.165) is 12.8 Å². The Morgan fingerprint density at radius 1 is 1.12 bits per heavy atom. The molecule has 0 spiro atoms. The molecule has 4 nitrogen and oxygen atoms in total. The van der Waals surface area contributed by atoms with E-state index in [0.29, 0.717) is 13.2 Å². The summed E-state index contributed by atoms with van der Waals surface area (Å²) < 4.78 is 14.5.